The highest BCUT2D eigenvalue weighted by Crippen LogP contribution is 2.28. The minimum absolute atomic E-state index is 0.233. The normalized spacial score (nSPS) is 16.5. The third-order valence-corrected chi connectivity index (χ3v) is 7.09. The third kappa shape index (κ3) is 5.85. The number of carboxylic acid groups (broad SMARTS) is 1. The van der Waals surface area contributed by atoms with Crippen LogP contribution in [0.15, 0.2) is 54.9 Å². The van der Waals surface area contributed by atoms with Gasteiger partial charge in [-0.1, -0.05) is 6.07 Å². The molecule has 0 aliphatic carbocycles. The fourth-order valence-corrected chi connectivity index (χ4v) is 4.86. The number of fused-ring (bicyclic) bond motifs is 1. The van der Waals surface area contributed by atoms with Crippen LogP contribution < -0.4 is 10.2 Å². The summed E-state index contributed by atoms with van der Waals surface area (Å²) in [6.07, 6.45) is 1.90. The number of rotatable bonds is 8. The molecular formula is C28H31N7O4. The Hall–Kier alpha value is -4.06. The SMILES string of the molecule is O=C(O)c1ccc(Nc2cc(-c3ccc4ncn(CCN5CCOCC5)c4c3)nc(N3CCOCC3)n2)cc1. The number of carbonyl (C=O) groups is 1. The first-order chi connectivity index (χ1) is 19.1. The summed E-state index contributed by atoms with van der Waals surface area (Å²) >= 11 is 0. The number of hydrogen-bond acceptors (Lipinski definition) is 9. The van der Waals surface area contributed by atoms with Crippen LogP contribution in [-0.4, -0.2) is 94.6 Å². The van der Waals surface area contributed by atoms with Gasteiger partial charge in [-0.2, -0.15) is 4.98 Å². The van der Waals surface area contributed by atoms with E-state index in [9.17, 15) is 9.90 Å². The van der Waals surface area contributed by atoms with Crippen LogP contribution in [0.5, 0.6) is 0 Å². The van der Waals surface area contributed by atoms with E-state index in [-0.39, 0.29) is 5.56 Å². The molecule has 0 unspecified atom stereocenters. The van der Waals surface area contributed by atoms with E-state index >= 15 is 0 Å². The van der Waals surface area contributed by atoms with Crippen molar-refractivity contribution in [1.29, 1.82) is 0 Å². The predicted molar refractivity (Wildman–Crippen MR) is 148 cm³/mol. The number of imidazole rings is 1. The molecule has 4 heterocycles. The summed E-state index contributed by atoms with van der Waals surface area (Å²) in [5, 5.41) is 12.5. The molecular weight excluding hydrogens is 498 g/mol. The molecule has 4 aromatic rings. The first-order valence-corrected chi connectivity index (χ1v) is 13.2. The van der Waals surface area contributed by atoms with E-state index < -0.39 is 5.97 Å². The van der Waals surface area contributed by atoms with Crippen molar-refractivity contribution in [2.45, 2.75) is 6.54 Å². The van der Waals surface area contributed by atoms with Crippen molar-refractivity contribution in [3.05, 3.63) is 60.4 Å². The summed E-state index contributed by atoms with van der Waals surface area (Å²) in [7, 11) is 0. The molecule has 0 spiro atoms. The minimum Gasteiger partial charge on any atom is -0.478 e. The molecule has 0 bridgehead atoms. The predicted octanol–water partition coefficient (Wildman–Crippen LogP) is 3.10. The van der Waals surface area contributed by atoms with Crippen molar-refractivity contribution in [3.63, 3.8) is 0 Å². The van der Waals surface area contributed by atoms with Crippen LogP contribution in [0.25, 0.3) is 22.3 Å². The number of nitrogens with zero attached hydrogens (tertiary/aromatic N) is 6. The van der Waals surface area contributed by atoms with Gasteiger partial charge in [-0.3, -0.25) is 4.90 Å². The maximum absolute atomic E-state index is 11.2. The van der Waals surface area contributed by atoms with Gasteiger partial charge in [0.2, 0.25) is 5.95 Å². The number of carboxylic acids is 1. The van der Waals surface area contributed by atoms with Gasteiger partial charge in [0.15, 0.2) is 0 Å². The summed E-state index contributed by atoms with van der Waals surface area (Å²) in [6.45, 7) is 7.96. The molecule has 2 fully saturated rings. The Morgan fingerprint density at radius 3 is 2.38 bits per heavy atom. The first-order valence-electron chi connectivity index (χ1n) is 13.2. The van der Waals surface area contributed by atoms with E-state index in [1.165, 1.54) is 0 Å². The number of aromatic carboxylic acids is 1. The fourth-order valence-electron chi connectivity index (χ4n) is 4.86. The second-order valence-electron chi connectivity index (χ2n) is 9.64. The number of nitrogens with one attached hydrogen (secondary N) is 1. The van der Waals surface area contributed by atoms with Gasteiger partial charge >= 0.3 is 5.97 Å². The Bertz CT molecular complexity index is 1440. The average molecular weight is 530 g/mol. The van der Waals surface area contributed by atoms with Gasteiger partial charge in [-0.15, -0.1) is 0 Å². The lowest BCUT2D eigenvalue weighted by atomic mass is 10.1. The van der Waals surface area contributed by atoms with Crippen molar-refractivity contribution in [2.24, 2.45) is 0 Å². The maximum atomic E-state index is 11.2. The molecule has 2 aromatic heterocycles. The number of aromatic nitrogens is 4. The van der Waals surface area contributed by atoms with E-state index in [2.05, 4.69) is 30.7 Å². The summed E-state index contributed by atoms with van der Waals surface area (Å²) < 4.78 is 13.2. The Balaban J connectivity index is 1.31. The molecule has 39 heavy (non-hydrogen) atoms. The first kappa shape index (κ1) is 25.2. The van der Waals surface area contributed by atoms with Gasteiger partial charge < -0.3 is 29.4 Å². The van der Waals surface area contributed by atoms with Crippen molar-refractivity contribution in [1.82, 2.24) is 24.4 Å². The number of benzene rings is 2. The lowest BCUT2D eigenvalue weighted by Crippen LogP contribution is -2.38. The Morgan fingerprint density at radius 1 is 0.897 bits per heavy atom. The topological polar surface area (TPSA) is 118 Å². The molecule has 11 nitrogen and oxygen atoms in total. The zero-order valence-corrected chi connectivity index (χ0v) is 21.6. The molecule has 11 heteroatoms. The van der Waals surface area contributed by atoms with Crippen molar-refractivity contribution >= 4 is 34.5 Å². The van der Waals surface area contributed by atoms with Crippen LogP contribution >= 0.6 is 0 Å². The Labute approximate surface area is 226 Å². The molecule has 2 aliphatic heterocycles. The van der Waals surface area contributed by atoms with Gasteiger partial charge in [0.05, 0.1) is 55.0 Å². The van der Waals surface area contributed by atoms with Gasteiger partial charge in [-0.25, -0.2) is 14.8 Å². The zero-order valence-electron chi connectivity index (χ0n) is 21.6. The monoisotopic (exact) mass is 529 g/mol. The van der Waals surface area contributed by atoms with Crippen LogP contribution in [0.1, 0.15) is 10.4 Å². The van der Waals surface area contributed by atoms with E-state index in [1.54, 1.807) is 24.3 Å². The molecule has 0 atom stereocenters. The molecule has 2 saturated heterocycles. The summed E-state index contributed by atoms with van der Waals surface area (Å²) in [6, 6.07) is 14.7. The van der Waals surface area contributed by atoms with Crippen molar-refractivity contribution in [2.75, 3.05) is 69.4 Å². The maximum Gasteiger partial charge on any atom is 0.335 e. The highest BCUT2D eigenvalue weighted by Gasteiger charge is 2.18. The summed E-state index contributed by atoms with van der Waals surface area (Å²) in [5.74, 6) is 0.298. The lowest BCUT2D eigenvalue weighted by molar-refractivity contribution is 0.0365. The standard InChI is InChI=1S/C28H31N7O4/c36-27(37)20-1-4-22(5-2-20)30-26-18-24(31-28(32-26)34-11-15-39-16-12-34)21-3-6-23-25(17-21)35(19-29-23)8-7-33-9-13-38-14-10-33/h1-6,17-19H,7-16H2,(H,36,37)(H,30,31,32). The number of morpholine rings is 2. The molecule has 202 valence electrons. The lowest BCUT2D eigenvalue weighted by Gasteiger charge is -2.27. The van der Waals surface area contributed by atoms with E-state index in [0.29, 0.717) is 38.1 Å². The van der Waals surface area contributed by atoms with Crippen LogP contribution in [0.3, 0.4) is 0 Å². The van der Waals surface area contributed by atoms with Gasteiger partial charge in [0, 0.05) is 56.6 Å². The van der Waals surface area contributed by atoms with E-state index in [4.69, 9.17) is 19.4 Å². The van der Waals surface area contributed by atoms with Gasteiger partial charge in [0.25, 0.3) is 0 Å². The van der Waals surface area contributed by atoms with Crippen LogP contribution in [0.4, 0.5) is 17.5 Å². The number of hydrogen-bond donors (Lipinski definition) is 2. The summed E-state index contributed by atoms with van der Waals surface area (Å²) in [4.78, 5) is 30.1. The molecule has 2 N–H and O–H groups in total. The fraction of sp³-hybridized carbons (Fsp3) is 0.357. The van der Waals surface area contributed by atoms with Crippen molar-refractivity contribution < 1.29 is 19.4 Å². The van der Waals surface area contributed by atoms with Crippen LogP contribution in [0.2, 0.25) is 0 Å². The quantitative estimate of drug-likeness (QED) is 0.353. The average Bonchev–Trinajstić information content (AvgIpc) is 3.39. The highest BCUT2D eigenvalue weighted by atomic mass is 16.5. The van der Waals surface area contributed by atoms with Crippen molar-refractivity contribution in [3.8, 4) is 11.3 Å². The highest BCUT2D eigenvalue weighted by molar-refractivity contribution is 5.88. The second kappa shape index (κ2) is 11.4. The Kier molecular flexibility index (Phi) is 7.35. The van der Waals surface area contributed by atoms with Gasteiger partial charge in [0.1, 0.15) is 5.82 Å². The number of ether oxygens (including phenoxy) is 2. The molecule has 0 radical (unpaired) electrons. The molecule has 2 aromatic carbocycles. The van der Waals surface area contributed by atoms with E-state index in [1.807, 2.05) is 24.5 Å². The molecule has 0 amide bonds. The zero-order chi connectivity index (χ0) is 26.6. The van der Waals surface area contributed by atoms with E-state index in [0.717, 1.165) is 67.4 Å². The summed E-state index contributed by atoms with van der Waals surface area (Å²) in [5.41, 5.74) is 4.74. The van der Waals surface area contributed by atoms with Crippen LogP contribution in [0, 0.1) is 0 Å². The number of anilines is 3. The smallest absolute Gasteiger partial charge is 0.335 e. The molecule has 6 rings (SSSR count). The minimum atomic E-state index is -0.958. The molecule has 2 aliphatic rings. The van der Waals surface area contributed by atoms with Gasteiger partial charge in [-0.05, 0) is 36.4 Å². The largest absolute Gasteiger partial charge is 0.478 e. The Morgan fingerprint density at radius 2 is 1.64 bits per heavy atom. The second-order valence-corrected chi connectivity index (χ2v) is 9.64. The molecule has 0 saturated carbocycles. The third-order valence-electron chi connectivity index (χ3n) is 7.09. The van der Waals surface area contributed by atoms with Crippen LogP contribution in [-0.2, 0) is 16.0 Å².